The third-order valence-corrected chi connectivity index (χ3v) is 6.45. The molecule has 0 spiro atoms. The van der Waals surface area contributed by atoms with Gasteiger partial charge in [0.15, 0.2) is 9.84 Å². The molecule has 0 aliphatic heterocycles. The molecule has 0 N–H and O–H groups in total. The van der Waals surface area contributed by atoms with Crippen molar-refractivity contribution in [1.29, 1.82) is 0 Å². The normalized spacial score (nSPS) is 18.9. The molecule has 0 heterocycles. The van der Waals surface area contributed by atoms with Gasteiger partial charge in [-0.3, -0.25) is 4.79 Å². The van der Waals surface area contributed by atoms with Gasteiger partial charge in [-0.15, -0.1) is 0 Å². The molecule has 0 saturated carbocycles. The third-order valence-electron chi connectivity index (χ3n) is 5.32. The highest BCUT2D eigenvalue weighted by Crippen LogP contribution is 2.57. The van der Waals surface area contributed by atoms with Gasteiger partial charge >= 0.3 is 5.97 Å². The van der Waals surface area contributed by atoms with E-state index in [-0.39, 0.29) is 17.0 Å². The summed E-state index contributed by atoms with van der Waals surface area (Å²) in [6.07, 6.45) is 0.826. The van der Waals surface area contributed by atoms with Crippen LogP contribution in [0.25, 0.3) is 11.1 Å². The first-order chi connectivity index (χ1) is 13.3. The van der Waals surface area contributed by atoms with Gasteiger partial charge in [-0.2, -0.15) is 0 Å². The van der Waals surface area contributed by atoms with Crippen LogP contribution >= 0.6 is 0 Å². The summed E-state index contributed by atoms with van der Waals surface area (Å²) in [6.45, 7) is 9.65. The molecule has 29 heavy (non-hydrogen) atoms. The van der Waals surface area contributed by atoms with Crippen LogP contribution in [0.2, 0.25) is 0 Å². The minimum absolute atomic E-state index is 0.240. The lowest BCUT2D eigenvalue weighted by atomic mass is 9.60. The largest absolute Gasteiger partial charge is 0.456 e. The predicted octanol–water partition coefficient (Wildman–Crippen LogP) is 5.00. The van der Waals surface area contributed by atoms with Gasteiger partial charge in [-0.1, -0.05) is 56.3 Å². The van der Waals surface area contributed by atoms with Crippen LogP contribution in [-0.4, -0.2) is 26.7 Å². The van der Waals surface area contributed by atoms with Gasteiger partial charge < -0.3 is 4.74 Å². The molecule has 0 saturated heterocycles. The first kappa shape index (κ1) is 21.3. The SMILES string of the molecule is CC(C)(C)C(=O)OC1C(c2ccccc2)=C(c2ccc(S(C)(=O)=O)cc2)C1(C)C. The molecule has 0 fully saturated rings. The van der Waals surface area contributed by atoms with E-state index in [0.29, 0.717) is 0 Å². The van der Waals surface area contributed by atoms with E-state index in [1.807, 2.05) is 63.2 Å². The minimum Gasteiger partial charge on any atom is -0.456 e. The molecule has 1 unspecified atom stereocenters. The van der Waals surface area contributed by atoms with E-state index in [9.17, 15) is 13.2 Å². The second-order valence-electron chi connectivity index (χ2n) is 9.21. The van der Waals surface area contributed by atoms with Gasteiger partial charge in [-0.05, 0) is 49.6 Å². The van der Waals surface area contributed by atoms with E-state index < -0.39 is 20.7 Å². The van der Waals surface area contributed by atoms with Crippen molar-refractivity contribution in [2.24, 2.45) is 10.8 Å². The highest BCUT2D eigenvalue weighted by Gasteiger charge is 2.51. The van der Waals surface area contributed by atoms with Crippen molar-refractivity contribution < 1.29 is 17.9 Å². The fourth-order valence-corrected chi connectivity index (χ4v) is 4.32. The third kappa shape index (κ3) is 4.01. The van der Waals surface area contributed by atoms with E-state index in [0.717, 1.165) is 22.3 Å². The van der Waals surface area contributed by atoms with Gasteiger partial charge in [0.2, 0.25) is 0 Å². The Bertz CT molecular complexity index is 1050. The van der Waals surface area contributed by atoms with Crippen molar-refractivity contribution in [3.8, 4) is 0 Å². The lowest BCUT2D eigenvalue weighted by Crippen LogP contribution is -2.46. The second-order valence-corrected chi connectivity index (χ2v) is 11.2. The number of carbonyl (C=O) groups is 1. The molecular formula is C24H28O4S. The van der Waals surface area contributed by atoms with Crippen LogP contribution < -0.4 is 0 Å². The molecule has 5 heteroatoms. The van der Waals surface area contributed by atoms with E-state index >= 15 is 0 Å². The Kier molecular flexibility index (Phi) is 5.24. The summed E-state index contributed by atoms with van der Waals surface area (Å²) in [5.74, 6) is -0.240. The molecule has 3 rings (SSSR count). The summed E-state index contributed by atoms with van der Waals surface area (Å²) in [6, 6.07) is 16.8. The van der Waals surface area contributed by atoms with Gasteiger partial charge in [0.25, 0.3) is 0 Å². The van der Waals surface area contributed by atoms with E-state index in [1.54, 1.807) is 12.1 Å². The number of benzene rings is 2. The summed E-state index contributed by atoms with van der Waals surface area (Å²) in [7, 11) is -3.26. The predicted molar refractivity (Wildman–Crippen MR) is 116 cm³/mol. The van der Waals surface area contributed by atoms with Crippen molar-refractivity contribution in [1.82, 2.24) is 0 Å². The zero-order valence-electron chi connectivity index (χ0n) is 17.8. The molecule has 154 valence electrons. The van der Waals surface area contributed by atoms with Crippen LogP contribution in [0.15, 0.2) is 59.5 Å². The molecule has 2 aromatic carbocycles. The number of hydrogen-bond donors (Lipinski definition) is 0. The first-order valence-electron chi connectivity index (χ1n) is 9.65. The molecule has 0 radical (unpaired) electrons. The fourth-order valence-electron chi connectivity index (χ4n) is 3.69. The average molecular weight is 413 g/mol. The molecular weight excluding hydrogens is 384 g/mol. The molecule has 0 bridgehead atoms. The Morgan fingerprint density at radius 1 is 0.931 bits per heavy atom. The van der Waals surface area contributed by atoms with Crippen LogP contribution in [0.4, 0.5) is 0 Å². The number of esters is 1. The maximum atomic E-state index is 12.6. The maximum Gasteiger partial charge on any atom is 0.311 e. The molecule has 1 aliphatic carbocycles. The van der Waals surface area contributed by atoms with E-state index in [4.69, 9.17) is 4.74 Å². The van der Waals surface area contributed by atoms with E-state index in [1.165, 1.54) is 6.26 Å². The standard InChI is InChI=1S/C24H28O4S/c1-23(2,3)22(25)28-21-19(16-10-8-7-9-11-16)20(24(21,4)5)17-12-14-18(15-13-17)29(6,26)27/h7-15,21H,1-6H3. The highest BCUT2D eigenvalue weighted by atomic mass is 32.2. The summed E-state index contributed by atoms with van der Waals surface area (Å²) >= 11 is 0. The molecule has 0 amide bonds. The second kappa shape index (κ2) is 7.13. The Morgan fingerprint density at radius 2 is 1.48 bits per heavy atom. The van der Waals surface area contributed by atoms with Crippen molar-refractivity contribution in [3.05, 3.63) is 65.7 Å². The lowest BCUT2D eigenvalue weighted by Gasteiger charge is -2.49. The number of rotatable bonds is 4. The number of sulfone groups is 1. The van der Waals surface area contributed by atoms with Crippen LogP contribution in [0, 0.1) is 10.8 Å². The number of hydrogen-bond acceptors (Lipinski definition) is 4. The van der Waals surface area contributed by atoms with Gasteiger partial charge in [-0.25, -0.2) is 8.42 Å². The first-order valence-corrected chi connectivity index (χ1v) is 11.5. The molecule has 2 aromatic rings. The summed E-state index contributed by atoms with van der Waals surface area (Å²) < 4.78 is 29.6. The van der Waals surface area contributed by atoms with Crippen LogP contribution in [-0.2, 0) is 19.4 Å². The summed E-state index contributed by atoms with van der Waals surface area (Å²) in [5.41, 5.74) is 2.98. The average Bonchev–Trinajstić information content (AvgIpc) is 2.63. The van der Waals surface area contributed by atoms with Crippen LogP contribution in [0.5, 0.6) is 0 Å². The molecule has 1 atom stereocenters. The quantitative estimate of drug-likeness (QED) is 0.663. The van der Waals surface area contributed by atoms with Gasteiger partial charge in [0.1, 0.15) is 6.10 Å². The topological polar surface area (TPSA) is 60.4 Å². The zero-order valence-corrected chi connectivity index (χ0v) is 18.6. The van der Waals surface area contributed by atoms with Gasteiger partial charge in [0.05, 0.1) is 10.3 Å². The van der Waals surface area contributed by atoms with Crippen molar-refractivity contribution >= 4 is 27.0 Å². The Hall–Kier alpha value is -2.40. The Balaban J connectivity index is 2.12. The van der Waals surface area contributed by atoms with Crippen molar-refractivity contribution in [3.63, 3.8) is 0 Å². The van der Waals surface area contributed by atoms with E-state index in [2.05, 4.69) is 13.8 Å². The lowest BCUT2D eigenvalue weighted by molar-refractivity contribution is -0.160. The molecule has 4 nitrogen and oxygen atoms in total. The summed E-state index contributed by atoms with van der Waals surface area (Å²) in [5, 5.41) is 0. The number of carbonyl (C=O) groups excluding carboxylic acids is 1. The Morgan fingerprint density at radius 3 is 1.97 bits per heavy atom. The van der Waals surface area contributed by atoms with Crippen molar-refractivity contribution in [2.45, 2.75) is 45.6 Å². The van der Waals surface area contributed by atoms with Gasteiger partial charge in [0, 0.05) is 17.2 Å². The fraction of sp³-hybridized carbons (Fsp3) is 0.375. The smallest absolute Gasteiger partial charge is 0.311 e. The zero-order chi connectivity index (χ0) is 21.6. The molecule has 0 aromatic heterocycles. The maximum absolute atomic E-state index is 12.6. The van der Waals surface area contributed by atoms with Crippen molar-refractivity contribution in [2.75, 3.05) is 6.26 Å². The summed E-state index contributed by atoms with van der Waals surface area (Å²) in [4.78, 5) is 12.9. The Labute approximate surface area is 173 Å². The highest BCUT2D eigenvalue weighted by molar-refractivity contribution is 7.90. The van der Waals surface area contributed by atoms with Crippen LogP contribution in [0.1, 0.15) is 45.7 Å². The molecule has 1 aliphatic rings. The van der Waals surface area contributed by atoms with Crippen LogP contribution in [0.3, 0.4) is 0 Å². The monoisotopic (exact) mass is 412 g/mol. The minimum atomic E-state index is -3.26. The number of ether oxygens (including phenoxy) is 1.